The molecule has 0 aliphatic carbocycles. The smallest absolute Gasteiger partial charge is 0.371 e. The van der Waals surface area contributed by atoms with Crippen molar-refractivity contribution in [2.24, 2.45) is 0 Å². The summed E-state index contributed by atoms with van der Waals surface area (Å²) >= 11 is 0. The Kier molecular flexibility index (Phi) is 4.13. The fraction of sp³-hybridized carbons (Fsp3) is 0.312. The summed E-state index contributed by atoms with van der Waals surface area (Å²) < 4.78 is 11.2. The third kappa shape index (κ3) is 3.02. The lowest BCUT2D eigenvalue weighted by Gasteiger charge is -2.17. The first-order valence-corrected chi connectivity index (χ1v) is 6.57. The number of hydrogen-bond donors (Lipinski definition) is 1. The maximum Gasteiger partial charge on any atom is 0.371 e. The lowest BCUT2D eigenvalue weighted by atomic mass is 10.0. The van der Waals surface area contributed by atoms with Gasteiger partial charge in [-0.1, -0.05) is 32.0 Å². The zero-order valence-corrected chi connectivity index (χ0v) is 11.8. The fourth-order valence-electron chi connectivity index (χ4n) is 2.00. The van der Waals surface area contributed by atoms with Gasteiger partial charge in [0.15, 0.2) is 6.10 Å². The summed E-state index contributed by atoms with van der Waals surface area (Å²) in [5, 5.41) is 8.85. The fourth-order valence-corrected chi connectivity index (χ4v) is 2.00. The molecule has 0 bridgehead atoms. The van der Waals surface area contributed by atoms with E-state index >= 15 is 0 Å². The molecule has 0 radical (unpaired) electrons. The summed E-state index contributed by atoms with van der Waals surface area (Å²) in [6.45, 7) is 6.03. The predicted molar refractivity (Wildman–Crippen MR) is 75.2 cm³/mol. The minimum absolute atomic E-state index is 0.0763. The van der Waals surface area contributed by atoms with Crippen LogP contribution < -0.4 is 4.74 Å². The second kappa shape index (κ2) is 5.82. The van der Waals surface area contributed by atoms with Crippen molar-refractivity contribution in [2.45, 2.75) is 32.8 Å². The van der Waals surface area contributed by atoms with E-state index in [1.165, 1.54) is 6.07 Å². The molecule has 1 aromatic heterocycles. The zero-order chi connectivity index (χ0) is 14.7. The molecule has 0 saturated carbocycles. The van der Waals surface area contributed by atoms with Crippen LogP contribution in [0.15, 0.2) is 40.8 Å². The number of aromatic carboxylic acids is 1. The van der Waals surface area contributed by atoms with E-state index in [1.807, 2.05) is 31.2 Å². The summed E-state index contributed by atoms with van der Waals surface area (Å²) in [6, 6.07) is 10.9. The minimum Gasteiger partial charge on any atom is -0.482 e. The molecule has 1 heterocycles. The van der Waals surface area contributed by atoms with Gasteiger partial charge in [0.25, 0.3) is 0 Å². The van der Waals surface area contributed by atoms with Crippen molar-refractivity contribution in [1.82, 2.24) is 0 Å². The Balaban J connectivity index is 2.18. The summed E-state index contributed by atoms with van der Waals surface area (Å²) in [5.74, 6) is 0.493. The SMILES string of the molecule is CC(C)c1ccccc1OC(C)c1ccc(C(=O)O)o1. The van der Waals surface area contributed by atoms with Crippen molar-refractivity contribution in [2.75, 3.05) is 0 Å². The van der Waals surface area contributed by atoms with E-state index in [9.17, 15) is 4.79 Å². The molecule has 4 nitrogen and oxygen atoms in total. The average molecular weight is 274 g/mol. The Morgan fingerprint density at radius 1 is 1.15 bits per heavy atom. The van der Waals surface area contributed by atoms with Crippen molar-refractivity contribution in [3.05, 3.63) is 53.5 Å². The highest BCUT2D eigenvalue weighted by atomic mass is 16.5. The first-order valence-electron chi connectivity index (χ1n) is 6.57. The van der Waals surface area contributed by atoms with Gasteiger partial charge in [-0.2, -0.15) is 0 Å². The van der Waals surface area contributed by atoms with Gasteiger partial charge in [-0.3, -0.25) is 0 Å². The van der Waals surface area contributed by atoms with E-state index in [0.717, 1.165) is 11.3 Å². The number of carbonyl (C=O) groups is 1. The number of hydrogen-bond acceptors (Lipinski definition) is 3. The molecule has 1 aromatic carbocycles. The van der Waals surface area contributed by atoms with Crippen LogP contribution >= 0.6 is 0 Å². The molecule has 2 rings (SSSR count). The number of rotatable bonds is 5. The molecule has 1 atom stereocenters. The Hall–Kier alpha value is -2.23. The molecule has 0 fully saturated rings. The Morgan fingerprint density at radius 3 is 2.45 bits per heavy atom. The van der Waals surface area contributed by atoms with Crippen molar-refractivity contribution in [3.8, 4) is 5.75 Å². The molecule has 0 spiro atoms. The van der Waals surface area contributed by atoms with Crippen molar-refractivity contribution in [1.29, 1.82) is 0 Å². The summed E-state index contributed by atoms with van der Waals surface area (Å²) in [5.41, 5.74) is 1.12. The third-order valence-corrected chi connectivity index (χ3v) is 3.08. The van der Waals surface area contributed by atoms with Gasteiger partial charge < -0.3 is 14.3 Å². The van der Waals surface area contributed by atoms with Crippen molar-refractivity contribution < 1.29 is 19.1 Å². The standard InChI is InChI=1S/C16H18O4/c1-10(2)12-6-4-5-7-14(12)19-11(3)13-8-9-15(20-13)16(17)18/h4-11H,1-3H3,(H,17,18). The molecule has 20 heavy (non-hydrogen) atoms. The largest absolute Gasteiger partial charge is 0.482 e. The molecule has 1 unspecified atom stereocenters. The lowest BCUT2D eigenvalue weighted by molar-refractivity contribution is 0.0655. The van der Waals surface area contributed by atoms with Gasteiger partial charge in [-0.05, 0) is 36.6 Å². The Morgan fingerprint density at radius 2 is 1.85 bits per heavy atom. The second-order valence-electron chi connectivity index (χ2n) is 4.96. The van der Waals surface area contributed by atoms with Crippen LogP contribution in [0.2, 0.25) is 0 Å². The number of para-hydroxylation sites is 1. The molecule has 106 valence electrons. The van der Waals surface area contributed by atoms with Crippen molar-refractivity contribution in [3.63, 3.8) is 0 Å². The maximum absolute atomic E-state index is 10.8. The molecular formula is C16H18O4. The normalized spacial score (nSPS) is 12.4. The van der Waals surface area contributed by atoms with E-state index in [1.54, 1.807) is 6.07 Å². The van der Waals surface area contributed by atoms with Crippen LogP contribution in [0.3, 0.4) is 0 Å². The number of furan rings is 1. The maximum atomic E-state index is 10.8. The van der Waals surface area contributed by atoms with Crippen LogP contribution in [0.5, 0.6) is 5.75 Å². The summed E-state index contributed by atoms with van der Waals surface area (Å²) in [4.78, 5) is 10.8. The molecule has 4 heteroatoms. The second-order valence-corrected chi connectivity index (χ2v) is 4.96. The third-order valence-electron chi connectivity index (χ3n) is 3.08. The topological polar surface area (TPSA) is 59.7 Å². The van der Waals surface area contributed by atoms with Crippen molar-refractivity contribution >= 4 is 5.97 Å². The number of carboxylic acids is 1. The van der Waals surface area contributed by atoms with Crippen LogP contribution in [0.4, 0.5) is 0 Å². The van der Waals surface area contributed by atoms with Gasteiger partial charge in [0, 0.05) is 0 Å². The molecule has 2 aromatic rings. The van der Waals surface area contributed by atoms with E-state index < -0.39 is 5.97 Å². The summed E-state index contributed by atoms with van der Waals surface area (Å²) in [6.07, 6.45) is -0.344. The van der Waals surface area contributed by atoms with Gasteiger partial charge in [-0.25, -0.2) is 4.79 Å². The average Bonchev–Trinajstić information content (AvgIpc) is 2.89. The molecule has 0 aliphatic heterocycles. The molecular weight excluding hydrogens is 256 g/mol. The lowest BCUT2D eigenvalue weighted by Crippen LogP contribution is -2.04. The highest BCUT2D eigenvalue weighted by Crippen LogP contribution is 2.30. The van der Waals surface area contributed by atoms with Crippen LogP contribution in [0, 0.1) is 0 Å². The van der Waals surface area contributed by atoms with E-state index in [4.69, 9.17) is 14.3 Å². The van der Waals surface area contributed by atoms with Gasteiger partial charge in [-0.15, -0.1) is 0 Å². The number of ether oxygens (including phenoxy) is 1. The Labute approximate surface area is 118 Å². The van der Waals surface area contributed by atoms with E-state index in [-0.39, 0.29) is 11.9 Å². The quantitative estimate of drug-likeness (QED) is 0.885. The minimum atomic E-state index is -1.08. The van der Waals surface area contributed by atoms with Crippen LogP contribution in [-0.2, 0) is 0 Å². The van der Waals surface area contributed by atoms with Gasteiger partial charge in [0.05, 0.1) is 0 Å². The monoisotopic (exact) mass is 274 g/mol. The first-order chi connectivity index (χ1) is 9.49. The van der Waals surface area contributed by atoms with Crippen LogP contribution in [0.1, 0.15) is 54.7 Å². The summed E-state index contributed by atoms with van der Waals surface area (Å²) in [7, 11) is 0. The zero-order valence-electron chi connectivity index (χ0n) is 11.8. The van der Waals surface area contributed by atoms with Gasteiger partial charge in [0.1, 0.15) is 11.5 Å². The van der Waals surface area contributed by atoms with E-state index in [0.29, 0.717) is 11.7 Å². The van der Waals surface area contributed by atoms with Crippen LogP contribution in [0.25, 0.3) is 0 Å². The van der Waals surface area contributed by atoms with Gasteiger partial charge in [0.2, 0.25) is 5.76 Å². The molecule has 0 saturated heterocycles. The number of benzene rings is 1. The predicted octanol–water partition coefficient (Wildman–Crippen LogP) is 4.24. The first kappa shape index (κ1) is 14.2. The molecule has 1 N–H and O–H groups in total. The highest BCUT2D eigenvalue weighted by Gasteiger charge is 2.17. The number of carboxylic acid groups (broad SMARTS) is 1. The highest BCUT2D eigenvalue weighted by molar-refractivity contribution is 5.84. The van der Waals surface area contributed by atoms with Gasteiger partial charge >= 0.3 is 5.97 Å². The van der Waals surface area contributed by atoms with E-state index in [2.05, 4.69) is 13.8 Å². The Bertz CT molecular complexity index is 598. The molecule has 0 amide bonds. The van der Waals surface area contributed by atoms with Crippen LogP contribution in [-0.4, -0.2) is 11.1 Å². The molecule has 0 aliphatic rings.